The third-order valence-corrected chi connectivity index (χ3v) is 3.28. The average Bonchev–Trinajstić information content (AvgIpc) is 2.13. The molecule has 1 aliphatic rings. The third-order valence-electron chi connectivity index (χ3n) is 2.60. The smallest absolute Gasteiger partial charge is 1.00 e. The Labute approximate surface area is 140 Å². The SMILES string of the molecule is CC1(C)C=C(CS(=O)(=O)O)c2ccccc2N1.[Ca+2].[H-].[H-]. The van der Waals surface area contributed by atoms with Crippen LogP contribution in [0.4, 0.5) is 5.69 Å². The number of para-hydroxylation sites is 1. The molecule has 0 unspecified atom stereocenters. The number of nitrogens with one attached hydrogen (secondary N) is 1. The summed E-state index contributed by atoms with van der Waals surface area (Å²) in [6.07, 6.45) is 1.84. The average molecular weight is 295 g/mol. The molecule has 2 N–H and O–H groups in total. The van der Waals surface area contributed by atoms with Crippen molar-refractivity contribution in [1.82, 2.24) is 0 Å². The first kappa shape index (κ1) is 16.0. The second-order valence-corrected chi connectivity index (χ2v) is 6.24. The zero-order valence-electron chi connectivity index (χ0n) is 12.5. The summed E-state index contributed by atoms with van der Waals surface area (Å²) in [6, 6.07) is 7.47. The molecule has 0 saturated heterocycles. The van der Waals surface area contributed by atoms with Crippen molar-refractivity contribution in [3.05, 3.63) is 35.9 Å². The van der Waals surface area contributed by atoms with E-state index in [4.69, 9.17) is 4.55 Å². The minimum absolute atomic E-state index is 0. The summed E-state index contributed by atoms with van der Waals surface area (Å²) >= 11 is 0. The fourth-order valence-electron chi connectivity index (χ4n) is 2.08. The maximum absolute atomic E-state index is 11.0. The standard InChI is InChI=1S/C12H15NO3S.Ca.2H/c1-12(2)7-9(8-17(14,15)16)10-5-3-4-6-11(10)13-12;;;/h3-7,13H,8H2,1-2H3,(H,14,15,16);;;/q;+2;2*-1. The Kier molecular flexibility index (Phi) is 4.89. The van der Waals surface area contributed by atoms with Crippen LogP contribution in [0.1, 0.15) is 22.3 Å². The minimum Gasteiger partial charge on any atom is -1.00 e. The largest absolute Gasteiger partial charge is 2.00 e. The van der Waals surface area contributed by atoms with E-state index in [1.807, 2.05) is 44.2 Å². The minimum atomic E-state index is -4.01. The van der Waals surface area contributed by atoms with E-state index in [9.17, 15) is 8.42 Å². The van der Waals surface area contributed by atoms with Crippen molar-refractivity contribution in [1.29, 1.82) is 0 Å². The molecule has 1 aromatic carbocycles. The van der Waals surface area contributed by atoms with Crippen LogP contribution < -0.4 is 5.32 Å². The van der Waals surface area contributed by atoms with Gasteiger partial charge in [-0.25, -0.2) is 0 Å². The van der Waals surface area contributed by atoms with Gasteiger partial charge in [-0.15, -0.1) is 0 Å². The van der Waals surface area contributed by atoms with Crippen molar-refractivity contribution in [2.75, 3.05) is 11.1 Å². The molecule has 0 amide bonds. The number of rotatable bonds is 2. The summed E-state index contributed by atoms with van der Waals surface area (Å²) in [6.45, 7) is 3.90. The summed E-state index contributed by atoms with van der Waals surface area (Å²) < 4.78 is 31.0. The maximum Gasteiger partial charge on any atom is 2.00 e. The summed E-state index contributed by atoms with van der Waals surface area (Å²) in [7, 11) is -4.01. The van der Waals surface area contributed by atoms with E-state index < -0.39 is 10.1 Å². The third kappa shape index (κ3) is 3.96. The Bertz CT molecular complexity index is 588. The fraction of sp³-hybridized carbons (Fsp3) is 0.333. The van der Waals surface area contributed by atoms with Gasteiger partial charge in [0, 0.05) is 11.3 Å². The molecule has 0 spiro atoms. The molecule has 1 aromatic rings. The molecule has 0 fully saturated rings. The summed E-state index contributed by atoms with van der Waals surface area (Å²) in [5.41, 5.74) is 2.02. The Morgan fingerprint density at radius 2 is 1.94 bits per heavy atom. The van der Waals surface area contributed by atoms with Crippen LogP contribution >= 0.6 is 0 Å². The van der Waals surface area contributed by atoms with Crippen LogP contribution in [0.5, 0.6) is 0 Å². The van der Waals surface area contributed by atoms with E-state index in [0.717, 1.165) is 11.3 Å². The van der Waals surface area contributed by atoms with Crippen molar-refractivity contribution in [2.24, 2.45) is 0 Å². The number of fused-ring (bicyclic) bond motifs is 1. The molecule has 0 aromatic heterocycles. The number of hydrogen-bond donors (Lipinski definition) is 2. The van der Waals surface area contributed by atoms with Crippen LogP contribution in [0.2, 0.25) is 0 Å². The van der Waals surface area contributed by atoms with Gasteiger partial charge in [0.2, 0.25) is 0 Å². The Hall–Kier alpha value is -0.0703. The molecule has 0 aliphatic carbocycles. The number of anilines is 1. The van der Waals surface area contributed by atoms with Gasteiger partial charge >= 0.3 is 37.7 Å². The second kappa shape index (κ2) is 5.51. The molecule has 1 heterocycles. The molecule has 0 bridgehead atoms. The van der Waals surface area contributed by atoms with Crippen molar-refractivity contribution in [2.45, 2.75) is 19.4 Å². The predicted octanol–water partition coefficient (Wildman–Crippen LogP) is 2.01. The van der Waals surface area contributed by atoms with E-state index in [0.29, 0.717) is 5.57 Å². The maximum atomic E-state index is 11.0. The number of hydrogen-bond acceptors (Lipinski definition) is 3. The van der Waals surface area contributed by atoms with Crippen LogP contribution in [-0.2, 0) is 10.1 Å². The Morgan fingerprint density at radius 3 is 2.56 bits per heavy atom. The van der Waals surface area contributed by atoms with Crippen molar-refractivity contribution in [3.63, 3.8) is 0 Å². The van der Waals surface area contributed by atoms with E-state index in [-0.39, 0.29) is 51.9 Å². The van der Waals surface area contributed by atoms with Gasteiger partial charge in [-0.2, -0.15) is 8.42 Å². The molecule has 4 nitrogen and oxygen atoms in total. The molecular weight excluding hydrogens is 278 g/mol. The first-order valence-electron chi connectivity index (χ1n) is 5.31. The van der Waals surface area contributed by atoms with Crippen LogP contribution in [0.25, 0.3) is 5.57 Å². The summed E-state index contributed by atoms with van der Waals surface area (Å²) in [5, 5.41) is 3.30. The second-order valence-electron chi connectivity index (χ2n) is 4.79. The fourth-order valence-corrected chi connectivity index (χ4v) is 2.72. The zero-order chi connectivity index (χ0) is 12.7. The van der Waals surface area contributed by atoms with Gasteiger partial charge in [-0.3, -0.25) is 4.55 Å². The van der Waals surface area contributed by atoms with Crippen LogP contribution in [-0.4, -0.2) is 62.0 Å². The zero-order valence-corrected chi connectivity index (χ0v) is 13.5. The van der Waals surface area contributed by atoms with Gasteiger partial charge in [0.15, 0.2) is 0 Å². The predicted molar refractivity (Wildman–Crippen MR) is 76.5 cm³/mol. The first-order chi connectivity index (χ1) is 7.77. The van der Waals surface area contributed by atoms with E-state index in [1.54, 1.807) is 0 Å². The van der Waals surface area contributed by atoms with E-state index in [1.165, 1.54) is 0 Å². The van der Waals surface area contributed by atoms with Crippen LogP contribution in [0.3, 0.4) is 0 Å². The molecular formula is C12H17CaNO3S. The van der Waals surface area contributed by atoms with Gasteiger partial charge in [-0.1, -0.05) is 24.3 Å². The molecule has 0 saturated carbocycles. The van der Waals surface area contributed by atoms with Crippen molar-refractivity contribution >= 4 is 59.1 Å². The molecule has 2 rings (SSSR count). The Morgan fingerprint density at radius 1 is 1.33 bits per heavy atom. The van der Waals surface area contributed by atoms with Crippen molar-refractivity contribution < 1.29 is 15.8 Å². The van der Waals surface area contributed by atoms with Gasteiger partial charge < -0.3 is 8.17 Å². The van der Waals surface area contributed by atoms with E-state index in [2.05, 4.69) is 5.32 Å². The molecule has 18 heavy (non-hydrogen) atoms. The molecule has 0 radical (unpaired) electrons. The molecule has 1 aliphatic heterocycles. The summed E-state index contributed by atoms with van der Waals surface area (Å²) in [4.78, 5) is 0. The van der Waals surface area contributed by atoms with Crippen molar-refractivity contribution in [3.8, 4) is 0 Å². The molecule has 6 heteroatoms. The monoisotopic (exact) mass is 295 g/mol. The van der Waals surface area contributed by atoms with Gasteiger partial charge in [0.05, 0.1) is 5.54 Å². The van der Waals surface area contributed by atoms with Gasteiger partial charge in [0.25, 0.3) is 10.1 Å². The van der Waals surface area contributed by atoms with Crippen LogP contribution in [0, 0.1) is 0 Å². The molecule has 96 valence electrons. The number of benzene rings is 1. The quantitative estimate of drug-likeness (QED) is 0.647. The molecule has 0 atom stereocenters. The summed E-state index contributed by atoms with van der Waals surface area (Å²) in [5.74, 6) is -0.352. The van der Waals surface area contributed by atoms with E-state index >= 15 is 0 Å². The topological polar surface area (TPSA) is 66.4 Å². The Balaban J connectivity index is 0. The van der Waals surface area contributed by atoms with Gasteiger partial charge in [-0.05, 0) is 25.5 Å². The van der Waals surface area contributed by atoms with Gasteiger partial charge in [0.1, 0.15) is 5.75 Å². The van der Waals surface area contributed by atoms with Crippen LogP contribution in [0.15, 0.2) is 30.3 Å². The normalized spacial score (nSPS) is 16.9. The first-order valence-corrected chi connectivity index (χ1v) is 6.92.